The number of aromatic nitrogens is 2. The van der Waals surface area contributed by atoms with Crippen LogP contribution >= 0.6 is 23.1 Å². The van der Waals surface area contributed by atoms with E-state index in [1.807, 2.05) is 6.92 Å². The molecule has 2 rings (SSSR count). The Hall–Kier alpha value is -2.60. The second-order valence-corrected chi connectivity index (χ2v) is 6.50. The number of carbonyl (C=O) groups excluding carboxylic acids is 1. The second-order valence-electron chi connectivity index (χ2n) is 4.01. The van der Waals surface area contributed by atoms with Gasteiger partial charge >= 0.3 is 0 Å². The van der Waals surface area contributed by atoms with Crippen molar-refractivity contribution < 1.29 is 14.6 Å². The second kappa shape index (κ2) is 7.11. The van der Waals surface area contributed by atoms with Gasteiger partial charge < -0.3 is 0 Å². The maximum Gasteiger partial charge on any atom is 0.277 e. The molecular formula is C11H9N5O5S2. The van der Waals surface area contributed by atoms with Crippen LogP contribution < -0.4 is 5.32 Å². The van der Waals surface area contributed by atoms with Crippen molar-refractivity contribution in [1.29, 1.82) is 0 Å². The third kappa shape index (κ3) is 4.20. The molecule has 0 aliphatic heterocycles. The number of anilines is 1. The Kier molecular flexibility index (Phi) is 5.18. The molecule has 0 bridgehead atoms. The van der Waals surface area contributed by atoms with Crippen molar-refractivity contribution in [1.82, 2.24) is 10.2 Å². The number of hydrogen-bond acceptors (Lipinski definition) is 9. The Morgan fingerprint density at radius 2 is 1.83 bits per heavy atom. The summed E-state index contributed by atoms with van der Waals surface area (Å²) in [6, 6.07) is 2.72. The quantitative estimate of drug-likeness (QED) is 0.361. The molecule has 10 nitrogen and oxygen atoms in total. The first-order valence-electron chi connectivity index (χ1n) is 6.12. The van der Waals surface area contributed by atoms with Crippen LogP contribution in [0.2, 0.25) is 0 Å². The molecule has 120 valence electrons. The Balaban J connectivity index is 2.26. The number of amides is 1. The van der Waals surface area contributed by atoms with Crippen LogP contribution in [0.25, 0.3) is 0 Å². The highest BCUT2D eigenvalue weighted by atomic mass is 32.2. The zero-order chi connectivity index (χ0) is 17.0. The van der Waals surface area contributed by atoms with Crippen molar-refractivity contribution in [3.8, 4) is 0 Å². The van der Waals surface area contributed by atoms with Gasteiger partial charge in [-0.15, -0.1) is 10.2 Å². The van der Waals surface area contributed by atoms with Crippen LogP contribution in [0.15, 0.2) is 22.5 Å². The molecule has 0 saturated heterocycles. The number of rotatable bonds is 6. The van der Waals surface area contributed by atoms with Gasteiger partial charge in [-0.2, -0.15) is 0 Å². The van der Waals surface area contributed by atoms with E-state index in [1.165, 1.54) is 11.8 Å². The third-order valence-corrected chi connectivity index (χ3v) is 4.34. The molecule has 0 spiro atoms. The number of non-ortho nitro benzene ring substituents is 2. The summed E-state index contributed by atoms with van der Waals surface area (Å²) >= 11 is 2.59. The van der Waals surface area contributed by atoms with E-state index in [0.717, 1.165) is 35.3 Å². The van der Waals surface area contributed by atoms with Crippen molar-refractivity contribution in [3.05, 3.63) is 44.0 Å². The number of nitro groups is 2. The summed E-state index contributed by atoms with van der Waals surface area (Å²) < 4.78 is 0.660. The van der Waals surface area contributed by atoms with E-state index in [2.05, 4.69) is 15.5 Å². The number of hydrogen-bond donors (Lipinski definition) is 1. The molecule has 23 heavy (non-hydrogen) atoms. The minimum absolute atomic E-state index is 0.203. The molecule has 0 unspecified atom stereocenters. The van der Waals surface area contributed by atoms with Crippen molar-refractivity contribution >= 4 is 45.5 Å². The van der Waals surface area contributed by atoms with E-state index in [1.54, 1.807) is 0 Å². The van der Waals surface area contributed by atoms with Gasteiger partial charge in [0.1, 0.15) is 0 Å². The SMILES string of the molecule is CCSc1nnc(NC(=O)c2cc([N+](=O)[O-])cc([N+](=O)[O-])c2)s1. The van der Waals surface area contributed by atoms with E-state index < -0.39 is 27.1 Å². The average Bonchev–Trinajstić information content (AvgIpc) is 2.94. The summed E-state index contributed by atoms with van der Waals surface area (Å²) in [4.78, 5) is 32.1. The number of benzene rings is 1. The van der Waals surface area contributed by atoms with Crippen LogP contribution in [0.1, 0.15) is 17.3 Å². The van der Waals surface area contributed by atoms with Crippen LogP contribution in [-0.4, -0.2) is 31.7 Å². The molecule has 0 aliphatic carbocycles. The maximum atomic E-state index is 12.1. The Morgan fingerprint density at radius 1 is 1.22 bits per heavy atom. The van der Waals surface area contributed by atoms with Crippen molar-refractivity contribution in [2.45, 2.75) is 11.3 Å². The third-order valence-electron chi connectivity index (χ3n) is 2.48. The predicted molar refractivity (Wildman–Crippen MR) is 84.0 cm³/mol. The van der Waals surface area contributed by atoms with Crippen LogP contribution in [0.5, 0.6) is 0 Å². The van der Waals surface area contributed by atoms with Crippen LogP contribution in [0.3, 0.4) is 0 Å². The largest absolute Gasteiger partial charge is 0.296 e. The fraction of sp³-hybridized carbons (Fsp3) is 0.182. The van der Waals surface area contributed by atoms with Crippen LogP contribution in [-0.2, 0) is 0 Å². The first kappa shape index (κ1) is 16.8. The smallest absolute Gasteiger partial charge is 0.277 e. The normalized spacial score (nSPS) is 10.3. The molecule has 12 heteroatoms. The minimum Gasteiger partial charge on any atom is -0.296 e. The highest BCUT2D eigenvalue weighted by molar-refractivity contribution is 8.01. The first-order chi connectivity index (χ1) is 10.9. The lowest BCUT2D eigenvalue weighted by Gasteiger charge is -2.01. The Labute approximate surface area is 137 Å². The number of thioether (sulfide) groups is 1. The van der Waals surface area contributed by atoms with Crippen molar-refractivity contribution in [3.63, 3.8) is 0 Å². The molecule has 0 atom stereocenters. The van der Waals surface area contributed by atoms with E-state index >= 15 is 0 Å². The molecule has 0 radical (unpaired) electrons. The Bertz CT molecular complexity index is 746. The highest BCUT2D eigenvalue weighted by Gasteiger charge is 2.20. The topological polar surface area (TPSA) is 141 Å². The molecule has 0 saturated carbocycles. The van der Waals surface area contributed by atoms with E-state index in [-0.39, 0.29) is 10.7 Å². The maximum absolute atomic E-state index is 12.1. The van der Waals surface area contributed by atoms with Gasteiger partial charge in [0.2, 0.25) is 5.13 Å². The Morgan fingerprint density at radius 3 is 2.35 bits per heavy atom. The lowest BCUT2D eigenvalue weighted by atomic mass is 10.1. The van der Waals surface area contributed by atoms with E-state index in [0.29, 0.717) is 4.34 Å². The first-order valence-corrected chi connectivity index (χ1v) is 7.92. The average molecular weight is 355 g/mol. The van der Waals surface area contributed by atoms with Crippen LogP contribution in [0.4, 0.5) is 16.5 Å². The summed E-state index contributed by atoms with van der Waals surface area (Å²) in [5.41, 5.74) is -1.28. The number of carbonyl (C=O) groups is 1. The lowest BCUT2D eigenvalue weighted by molar-refractivity contribution is -0.394. The summed E-state index contributed by atoms with van der Waals surface area (Å²) in [5, 5.41) is 31.9. The van der Waals surface area contributed by atoms with Gasteiger partial charge in [-0.3, -0.25) is 30.3 Å². The van der Waals surface area contributed by atoms with Gasteiger partial charge in [0.15, 0.2) is 4.34 Å². The van der Waals surface area contributed by atoms with Gasteiger partial charge in [-0.1, -0.05) is 30.0 Å². The summed E-state index contributed by atoms with van der Waals surface area (Å²) in [6.45, 7) is 1.94. The van der Waals surface area contributed by atoms with Gasteiger partial charge in [0, 0.05) is 12.1 Å². The lowest BCUT2D eigenvalue weighted by Crippen LogP contribution is -2.12. The van der Waals surface area contributed by atoms with Crippen molar-refractivity contribution in [2.75, 3.05) is 11.1 Å². The standard InChI is InChI=1S/C11H9N5O5S2/c1-2-22-11-14-13-10(23-11)12-9(17)6-3-7(15(18)19)5-8(4-6)16(20)21/h3-5H,2H2,1H3,(H,12,13,17). The van der Waals surface area contributed by atoms with Gasteiger partial charge in [-0.05, 0) is 5.75 Å². The van der Waals surface area contributed by atoms with E-state index in [4.69, 9.17) is 0 Å². The summed E-state index contributed by atoms with van der Waals surface area (Å²) in [5.74, 6) is 0.0561. The summed E-state index contributed by atoms with van der Waals surface area (Å²) in [7, 11) is 0. The predicted octanol–water partition coefficient (Wildman–Crippen LogP) is 2.72. The fourth-order valence-electron chi connectivity index (χ4n) is 1.55. The van der Waals surface area contributed by atoms with Crippen molar-refractivity contribution in [2.24, 2.45) is 0 Å². The number of nitro benzene ring substituents is 2. The number of nitrogens with zero attached hydrogens (tertiary/aromatic N) is 4. The monoisotopic (exact) mass is 355 g/mol. The minimum atomic E-state index is -0.801. The molecule has 0 fully saturated rings. The van der Waals surface area contributed by atoms with Gasteiger partial charge in [0.05, 0.1) is 21.5 Å². The molecule has 1 N–H and O–H groups in total. The highest BCUT2D eigenvalue weighted by Crippen LogP contribution is 2.27. The molecule has 1 amide bonds. The molecule has 2 aromatic rings. The molecule has 0 aliphatic rings. The van der Waals surface area contributed by atoms with Gasteiger partial charge in [0.25, 0.3) is 17.3 Å². The van der Waals surface area contributed by atoms with E-state index in [9.17, 15) is 25.0 Å². The summed E-state index contributed by atoms with van der Waals surface area (Å²) in [6.07, 6.45) is 0. The van der Waals surface area contributed by atoms with Gasteiger partial charge in [-0.25, -0.2) is 0 Å². The molecular weight excluding hydrogens is 346 g/mol. The van der Waals surface area contributed by atoms with Crippen LogP contribution in [0, 0.1) is 20.2 Å². The fourth-order valence-corrected chi connectivity index (χ4v) is 3.19. The zero-order valence-electron chi connectivity index (χ0n) is 11.6. The molecule has 1 aromatic carbocycles. The molecule has 1 heterocycles. The molecule has 1 aromatic heterocycles. The zero-order valence-corrected chi connectivity index (χ0v) is 13.2. The number of nitrogens with one attached hydrogen (secondary N) is 1.